The van der Waals surface area contributed by atoms with Crippen molar-refractivity contribution in [2.45, 2.75) is 37.7 Å². The highest BCUT2D eigenvalue weighted by molar-refractivity contribution is 6.34. The lowest BCUT2D eigenvalue weighted by Crippen LogP contribution is -2.39. The van der Waals surface area contributed by atoms with E-state index < -0.39 is 5.60 Å². The Morgan fingerprint density at radius 1 is 1.44 bits per heavy atom. The van der Waals surface area contributed by atoms with Crippen molar-refractivity contribution >= 4 is 17.4 Å². The molecule has 1 aromatic rings. The van der Waals surface area contributed by atoms with Crippen LogP contribution in [0, 0.1) is 11.3 Å². The van der Waals surface area contributed by atoms with Gasteiger partial charge in [-0.05, 0) is 18.9 Å². The van der Waals surface area contributed by atoms with E-state index in [2.05, 4.69) is 10.3 Å². The molecule has 5 heteroatoms. The molecule has 4 nitrogen and oxygen atoms in total. The molecule has 1 fully saturated rings. The third-order valence-electron chi connectivity index (χ3n) is 3.38. The maximum Gasteiger partial charge on any atom is 0.146 e. The molecule has 0 aromatic carbocycles. The van der Waals surface area contributed by atoms with Gasteiger partial charge in [0, 0.05) is 12.7 Å². The predicted molar refractivity (Wildman–Crippen MR) is 70.5 cm³/mol. The van der Waals surface area contributed by atoms with Gasteiger partial charge in [-0.15, -0.1) is 0 Å². The van der Waals surface area contributed by atoms with Crippen LogP contribution in [0.25, 0.3) is 0 Å². The summed E-state index contributed by atoms with van der Waals surface area (Å²) in [4.78, 5) is 4.10. The van der Waals surface area contributed by atoms with E-state index in [-0.39, 0.29) is 0 Å². The van der Waals surface area contributed by atoms with Crippen molar-refractivity contribution in [1.82, 2.24) is 4.98 Å². The summed E-state index contributed by atoms with van der Waals surface area (Å²) in [5.74, 6) is 0.467. The molecule has 0 bridgehead atoms. The minimum atomic E-state index is -0.675. The number of nitrogens with zero attached hydrogens (tertiary/aromatic N) is 2. The number of halogens is 1. The van der Waals surface area contributed by atoms with Gasteiger partial charge in [0.2, 0.25) is 0 Å². The second kappa shape index (κ2) is 5.55. The van der Waals surface area contributed by atoms with Crippen LogP contribution in [-0.4, -0.2) is 22.2 Å². The molecule has 18 heavy (non-hydrogen) atoms. The largest absolute Gasteiger partial charge is 0.388 e. The fourth-order valence-corrected chi connectivity index (χ4v) is 2.51. The molecule has 0 spiro atoms. The Balaban J connectivity index is 2.04. The highest BCUT2D eigenvalue weighted by Crippen LogP contribution is 2.29. The fraction of sp³-hybridized carbons (Fsp3) is 0.538. The Hall–Kier alpha value is -1.31. The molecule has 0 radical (unpaired) electrons. The van der Waals surface area contributed by atoms with Crippen molar-refractivity contribution < 1.29 is 5.11 Å². The molecule has 2 N–H and O–H groups in total. The van der Waals surface area contributed by atoms with Crippen LogP contribution in [0.2, 0.25) is 5.02 Å². The summed E-state index contributed by atoms with van der Waals surface area (Å²) >= 11 is 6.04. The van der Waals surface area contributed by atoms with E-state index in [0.29, 0.717) is 22.9 Å². The van der Waals surface area contributed by atoms with Crippen LogP contribution in [0.5, 0.6) is 0 Å². The molecule has 1 aromatic heterocycles. The lowest BCUT2D eigenvalue weighted by molar-refractivity contribution is 0.0166. The average Bonchev–Trinajstić information content (AvgIpc) is 2.38. The summed E-state index contributed by atoms with van der Waals surface area (Å²) in [6.45, 7) is 0.425. The van der Waals surface area contributed by atoms with Crippen LogP contribution < -0.4 is 5.32 Å². The van der Waals surface area contributed by atoms with E-state index >= 15 is 0 Å². The van der Waals surface area contributed by atoms with Gasteiger partial charge in [-0.25, -0.2) is 4.98 Å². The number of aliphatic hydroxyl groups is 1. The van der Waals surface area contributed by atoms with Crippen LogP contribution >= 0.6 is 11.6 Å². The minimum Gasteiger partial charge on any atom is -0.388 e. The summed E-state index contributed by atoms with van der Waals surface area (Å²) < 4.78 is 0. The quantitative estimate of drug-likeness (QED) is 0.882. The highest BCUT2D eigenvalue weighted by atomic mass is 35.5. The molecule has 0 aliphatic heterocycles. The Morgan fingerprint density at radius 3 is 2.83 bits per heavy atom. The molecule has 1 aliphatic rings. The Kier molecular flexibility index (Phi) is 4.05. The SMILES string of the molecule is N#Cc1ccnc(NCC2(O)CCCCC2)c1Cl. The minimum absolute atomic E-state index is 0.319. The van der Waals surface area contributed by atoms with Crippen LogP contribution in [0.1, 0.15) is 37.7 Å². The molecular weight excluding hydrogens is 250 g/mol. The average molecular weight is 266 g/mol. The summed E-state index contributed by atoms with van der Waals surface area (Å²) in [5, 5.41) is 22.6. The summed E-state index contributed by atoms with van der Waals surface area (Å²) in [6.07, 6.45) is 6.43. The first-order chi connectivity index (χ1) is 8.64. The number of nitrogens with one attached hydrogen (secondary N) is 1. The monoisotopic (exact) mass is 265 g/mol. The van der Waals surface area contributed by atoms with Gasteiger partial charge >= 0.3 is 0 Å². The first kappa shape index (κ1) is 13.1. The number of aromatic nitrogens is 1. The second-order valence-corrected chi connectivity index (χ2v) is 5.15. The van der Waals surface area contributed by atoms with Gasteiger partial charge in [0.1, 0.15) is 16.9 Å². The Morgan fingerprint density at radius 2 is 2.17 bits per heavy atom. The van der Waals surface area contributed by atoms with Gasteiger partial charge in [0.15, 0.2) is 0 Å². The van der Waals surface area contributed by atoms with Crippen molar-refractivity contribution in [1.29, 1.82) is 5.26 Å². The van der Waals surface area contributed by atoms with Gasteiger partial charge in [0.25, 0.3) is 0 Å². The lowest BCUT2D eigenvalue weighted by Gasteiger charge is -2.32. The van der Waals surface area contributed by atoms with Crippen LogP contribution in [0.4, 0.5) is 5.82 Å². The number of nitriles is 1. The zero-order valence-electron chi connectivity index (χ0n) is 10.1. The Bertz CT molecular complexity index is 464. The van der Waals surface area contributed by atoms with E-state index in [0.717, 1.165) is 25.7 Å². The van der Waals surface area contributed by atoms with Crippen LogP contribution in [-0.2, 0) is 0 Å². The summed E-state index contributed by atoms with van der Waals surface area (Å²) in [7, 11) is 0. The third-order valence-corrected chi connectivity index (χ3v) is 3.76. The number of anilines is 1. The molecule has 2 rings (SSSR count). The van der Waals surface area contributed by atoms with Crippen LogP contribution in [0.3, 0.4) is 0 Å². The molecule has 0 unspecified atom stereocenters. The Labute approximate surface area is 112 Å². The number of hydrogen-bond acceptors (Lipinski definition) is 4. The lowest BCUT2D eigenvalue weighted by atomic mass is 9.85. The maximum absolute atomic E-state index is 10.4. The van der Waals surface area contributed by atoms with Crippen molar-refractivity contribution in [3.05, 3.63) is 22.8 Å². The van der Waals surface area contributed by atoms with E-state index in [1.165, 1.54) is 12.6 Å². The van der Waals surface area contributed by atoms with Crippen molar-refractivity contribution in [3.8, 4) is 6.07 Å². The van der Waals surface area contributed by atoms with Crippen LogP contribution in [0.15, 0.2) is 12.3 Å². The van der Waals surface area contributed by atoms with Crippen molar-refractivity contribution in [2.75, 3.05) is 11.9 Å². The molecule has 1 aliphatic carbocycles. The van der Waals surface area contributed by atoms with Gasteiger partial charge in [-0.1, -0.05) is 30.9 Å². The topological polar surface area (TPSA) is 68.9 Å². The van der Waals surface area contributed by atoms with Gasteiger partial charge in [-0.2, -0.15) is 5.26 Å². The predicted octanol–water partition coefficient (Wildman–Crippen LogP) is 2.71. The van der Waals surface area contributed by atoms with Gasteiger partial charge in [-0.3, -0.25) is 0 Å². The number of pyridine rings is 1. The van der Waals surface area contributed by atoms with Gasteiger partial charge in [0.05, 0.1) is 11.2 Å². The summed E-state index contributed by atoms with van der Waals surface area (Å²) in [6, 6.07) is 3.58. The van der Waals surface area contributed by atoms with Crippen molar-refractivity contribution in [2.24, 2.45) is 0 Å². The van der Waals surface area contributed by atoms with E-state index in [4.69, 9.17) is 16.9 Å². The highest BCUT2D eigenvalue weighted by Gasteiger charge is 2.29. The number of hydrogen-bond donors (Lipinski definition) is 2. The molecule has 1 heterocycles. The first-order valence-corrected chi connectivity index (χ1v) is 6.53. The zero-order chi connectivity index (χ0) is 13.0. The maximum atomic E-state index is 10.4. The molecule has 0 amide bonds. The fourth-order valence-electron chi connectivity index (χ4n) is 2.29. The molecule has 96 valence electrons. The standard InChI is InChI=1S/C13H16ClN3O/c14-11-10(8-15)4-7-16-12(11)17-9-13(18)5-2-1-3-6-13/h4,7,18H,1-3,5-6,9H2,(H,16,17). The smallest absolute Gasteiger partial charge is 0.146 e. The third kappa shape index (κ3) is 2.92. The van der Waals surface area contributed by atoms with Crippen molar-refractivity contribution in [3.63, 3.8) is 0 Å². The molecule has 0 atom stereocenters. The molecular formula is C13H16ClN3O. The molecule has 0 saturated heterocycles. The number of rotatable bonds is 3. The second-order valence-electron chi connectivity index (χ2n) is 4.77. The first-order valence-electron chi connectivity index (χ1n) is 6.15. The summed E-state index contributed by atoms with van der Waals surface area (Å²) in [5.41, 5.74) is -0.281. The van der Waals surface area contributed by atoms with E-state index in [1.807, 2.05) is 6.07 Å². The van der Waals surface area contributed by atoms with E-state index in [1.54, 1.807) is 6.07 Å². The van der Waals surface area contributed by atoms with E-state index in [9.17, 15) is 5.11 Å². The normalized spacial score (nSPS) is 18.1. The van der Waals surface area contributed by atoms with Gasteiger partial charge < -0.3 is 10.4 Å². The zero-order valence-corrected chi connectivity index (χ0v) is 10.9. The molecule has 1 saturated carbocycles.